The van der Waals surface area contributed by atoms with E-state index in [4.69, 9.17) is 5.73 Å². The average Bonchev–Trinajstić information content (AvgIpc) is 2.38. The lowest BCUT2D eigenvalue weighted by atomic mass is 9.81. The van der Waals surface area contributed by atoms with Gasteiger partial charge in [0.2, 0.25) is 0 Å². The molecule has 0 heterocycles. The van der Waals surface area contributed by atoms with Crippen LogP contribution in [0.15, 0.2) is 24.3 Å². The lowest BCUT2D eigenvalue weighted by molar-refractivity contribution is 0.304. The van der Waals surface area contributed by atoms with E-state index in [1.165, 1.54) is 12.3 Å². The van der Waals surface area contributed by atoms with Gasteiger partial charge in [-0.05, 0) is 31.2 Å². The van der Waals surface area contributed by atoms with Crippen LogP contribution in [0.4, 0.5) is 4.39 Å². The summed E-state index contributed by atoms with van der Waals surface area (Å²) in [6.07, 6.45) is 4.20. The van der Waals surface area contributed by atoms with Crippen molar-refractivity contribution in [1.82, 2.24) is 0 Å². The molecule has 0 saturated heterocycles. The molecule has 0 spiro atoms. The molecule has 5 heteroatoms. The van der Waals surface area contributed by atoms with E-state index in [2.05, 4.69) is 0 Å². The normalized spacial score (nSPS) is 26.1. The van der Waals surface area contributed by atoms with E-state index in [9.17, 15) is 12.8 Å². The van der Waals surface area contributed by atoms with E-state index in [0.717, 1.165) is 12.8 Å². The Morgan fingerprint density at radius 1 is 1.32 bits per heavy atom. The molecule has 2 rings (SSSR count). The van der Waals surface area contributed by atoms with Gasteiger partial charge >= 0.3 is 0 Å². The number of hydrogen-bond acceptors (Lipinski definition) is 3. The van der Waals surface area contributed by atoms with Crippen molar-refractivity contribution in [2.24, 2.45) is 11.7 Å². The minimum absolute atomic E-state index is 0.0328. The minimum atomic E-state index is -3.03. The van der Waals surface area contributed by atoms with Gasteiger partial charge in [0.15, 0.2) is 0 Å². The Bertz CT molecular complexity index is 544. The van der Waals surface area contributed by atoms with Crippen LogP contribution >= 0.6 is 0 Å². The highest BCUT2D eigenvalue weighted by molar-refractivity contribution is 7.91. The third-order valence-corrected chi connectivity index (χ3v) is 5.68. The Morgan fingerprint density at radius 3 is 2.63 bits per heavy atom. The summed E-state index contributed by atoms with van der Waals surface area (Å²) in [5.41, 5.74) is 6.63. The highest BCUT2D eigenvalue weighted by Crippen LogP contribution is 2.36. The first-order valence-corrected chi connectivity index (χ1v) is 8.54. The van der Waals surface area contributed by atoms with Crippen LogP contribution < -0.4 is 5.73 Å². The van der Waals surface area contributed by atoms with Crippen molar-refractivity contribution in [3.63, 3.8) is 0 Å². The molecule has 19 heavy (non-hydrogen) atoms. The first-order valence-electron chi connectivity index (χ1n) is 6.58. The standard InChI is InChI=1S/C14H20FNO2S/c1-19(17,18)11-6-4-5-10(9-11)14(16)12-7-2-3-8-13(12)15/h2-3,7-8,10-11,14H,4-6,9,16H2,1H3. The Hall–Kier alpha value is -0.940. The molecule has 1 aromatic carbocycles. The largest absolute Gasteiger partial charge is 0.324 e. The highest BCUT2D eigenvalue weighted by atomic mass is 32.2. The Kier molecular flexibility index (Phi) is 4.26. The molecule has 1 saturated carbocycles. The van der Waals surface area contributed by atoms with Crippen LogP contribution in [0.25, 0.3) is 0 Å². The van der Waals surface area contributed by atoms with Gasteiger partial charge in [0.1, 0.15) is 15.7 Å². The summed E-state index contributed by atoms with van der Waals surface area (Å²) in [5.74, 6) is -0.276. The fraction of sp³-hybridized carbons (Fsp3) is 0.571. The van der Waals surface area contributed by atoms with Crippen LogP contribution in [-0.4, -0.2) is 19.9 Å². The molecule has 0 radical (unpaired) electrons. The number of benzene rings is 1. The second kappa shape index (κ2) is 5.59. The first-order chi connectivity index (χ1) is 8.89. The smallest absolute Gasteiger partial charge is 0.150 e. The highest BCUT2D eigenvalue weighted by Gasteiger charge is 2.32. The summed E-state index contributed by atoms with van der Waals surface area (Å²) >= 11 is 0. The van der Waals surface area contributed by atoms with Crippen LogP contribution in [0, 0.1) is 11.7 Å². The number of rotatable bonds is 3. The average molecular weight is 285 g/mol. The zero-order valence-corrected chi connectivity index (χ0v) is 11.9. The molecule has 0 aromatic heterocycles. The van der Waals surface area contributed by atoms with Crippen LogP contribution in [0.2, 0.25) is 0 Å². The number of nitrogens with two attached hydrogens (primary N) is 1. The SMILES string of the molecule is CS(=O)(=O)C1CCCC(C(N)c2ccccc2F)C1. The van der Waals surface area contributed by atoms with Gasteiger partial charge in [-0.1, -0.05) is 24.6 Å². The van der Waals surface area contributed by atoms with Gasteiger partial charge < -0.3 is 5.73 Å². The molecular weight excluding hydrogens is 265 g/mol. The van der Waals surface area contributed by atoms with Crippen LogP contribution in [0.3, 0.4) is 0 Å². The van der Waals surface area contributed by atoms with Gasteiger partial charge in [0.05, 0.1) is 5.25 Å². The van der Waals surface area contributed by atoms with Gasteiger partial charge in [0.25, 0.3) is 0 Å². The van der Waals surface area contributed by atoms with Gasteiger partial charge in [-0.15, -0.1) is 0 Å². The molecule has 1 fully saturated rings. The number of halogens is 1. The molecule has 1 aliphatic carbocycles. The van der Waals surface area contributed by atoms with Gasteiger partial charge in [-0.25, -0.2) is 12.8 Å². The zero-order chi connectivity index (χ0) is 14.0. The van der Waals surface area contributed by atoms with Crippen molar-refractivity contribution in [3.8, 4) is 0 Å². The van der Waals surface area contributed by atoms with E-state index in [-0.39, 0.29) is 17.0 Å². The van der Waals surface area contributed by atoms with Gasteiger partial charge in [0, 0.05) is 17.9 Å². The summed E-state index contributed by atoms with van der Waals surface area (Å²) in [6.45, 7) is 0. The van der Waals surface area contributed by atoms with E-state index in [1.54, 1.807) is 18.2 Å². The maximum Gasteiger partial charge on any atom is 0.150 e. The minimum Gasteiger partial charge on any atom is -0.324 e. The maximum absolute atomic E-state index is 13.7. The van der Waals surface area contributed by atoms with E-state index >= 15 is 0 Å². The zero-order valence-electron chi connectivity index (χ0n) is 11.0. The molecule has 0 aliphatic heterocycles. The van der Waals surface area contributed by atoms with E-state index < -0.39 is 15.9 Å². The van der Waals surface area contributed by atoms with Crippen molar-refractivity contribution in [2.45, 2.75) is 37.0 Å². The number of hydrogen-bond donors (Lipinski definition) is 1. The van der Waals surface area contributed by atoms with E-state index in [0.29, 0.717) is 18.4 Å². The summed E-state index contributed by atoms with van der Waals surface area (Å²) in [5, 5.41) is -0.330. The topological polar surface area (TPSA) is 60.2 Å². The Labute approximate surface area is 113 Å². The van der Waals surface area contributed by atoms with Crippen molar-refractivity contribution < 1.29 is 12.8 Å². The van der Waals surface area contributed by atoms with Gasteiger partial charge in [-0.3, -0.25) is 0 Å². The second-order valence-corrected chi connectivity index (χ2v) is 7.75. The molecular formula is C14H20FNO2S. The summed E-state index contributed by atoms with van der Waals surface area (Å²) < 4.78 is 37.0. The van der Waals surface area contributed by atoms with Crippen molar-refractivity contribution in [3.05, 3.63) is 35.6 Å². The van der Waals surface area contributed by atoms with Crippen LogP contribution in [0.1, 0.15) is 37.3 Å². The molecule has 3 atom stereocenters. The predicted molar refractivity (Wildman–Crippen MR) is 73.9 cm³/mol. The lowest BCUT2D eigenvalue weighted by Crippen LogP contribution is -2.33. The lowest BCUT2D eigenvalue weighted by Gasteiger charge is -2.32. The van der Waals surface area contributed by atoms with Crippen molar-refractivity contribution in [2.75, 3.05) is 6.26 Å². The Balaban J connectivity index is 2.16. The second-order valence-electron chi connectivity index (χ2n) is 5.43. The molecule has 1 aliphatic rings. The van der Waals surface area contributed by atoms with E-state index in [1.807, 2.05) is 0 Å². The van der Waals surface area contributed by atoms with Gasteiger partial charge in [-0.2, -0.15) is 0 Å². The molecule has 1 aromatic rings. The Morgan fingerprint density at radius 2 is 2.00 bits per heavy atom. The molecule has 106 valence electrons. The first kappa shape index (κ1) is 14.5. The third-order valence-electron chi connectivity index (χ3n) is 4.04. The third kappa shape index (κ3) is 3.34. The summed E-state index contributed by atoms with van der Waals surface area (Å²) in [4.78, 5) is 0. The molecule has 3 unspecified atom stereocenters. The fourth-order valence-corrected chi connectivity index (χ4v) is 4.09. The summed E-state index contributed by atoms with van der Waals surface area (Å²) in [7, 11) is -3.03. The fourth-order valence-electron chi connectivity index (χ4n) is 2.90. The number of sulfone groups is 1. The monoisotopic (exact) mass is 285 g/mol. The van der Waals surface area contributed by atoms with Crippen molar-refractivity contribution in [1.29, 1.82) is 0 Å². The molecule has 0 amide bonds. The van der Waals surface area contributed by atoms with Crippen LogP contribution in [0.5, 0.6) is 0 Å². The predicted octanol–water partition coefficient (Wildman–Crippen LogP) is 2.43. The molecule has 2 N–H and O–H groups in total. The quantitative estimate of drug-likeness (QED) is 0.928. The summed E-state index contributed by atoms with van der Waals surface area (Å²) in [6, 6.07) is 6.04. The van der Waals surface area contributed by atoms with Crippen LogP contribution in [-0.2, 0) is 9.84 Å². The molecule has 0 bridgehead atoms. The maximum atomic E-state index is 13.7. The van der Waals surface area contributed by atoms with Crippen molar-refractivity contribution >= 4 is 9.84 Å². The molecule has 3 nitrogen and oxygen atoms in total.